The largest absolute Gasteiger partial charge is 0.377 e. The highest BCUT2D eigenvalue weighted by Crippen LogP contribution is 2.66. The third kappa shape index (κ3) is 4.38. The summed E-state index contributed by atoms with van der Waals surface area (Å²) in [4.78, 5) is 12.3. The minimum Gasteiger partial charge on any atom is -0.377 e. The van der Waals surface area contributed by atoms with Crippen LogP contribution in [-0.2, 0) is 18.4 Å². The number of rotatable bonds is 4. The lowest BCUT2D eigenvalue weighted by Crippen LogP contribution is -2.51. The molecule has 2 aromatic rings. The molecule has 40 heavy (non-hydrogen) atoms. The summed E-state index contributed by atoms with van der Waals surface area (Å²) in [6, 6.07) is 17.6. The normalized spacial score (nSPS) is 31.4. The number of carbonyl (C=O) groups excluding carboxylic acids is 1. The number of hydrogen-bond acceptors (Lipinski definition) is 5. The van der Waals surface area contributed by atoms with Crippen LogP contribution in [0.1, 0.15) is 68.9 Å². The molecule has 0 saturated heterocycles. The van der Waals surface area contributed by atoms with Crippen LogP contribution < -0.4 is 5.30 Å². The van der Waals surface area contributed by atoms with Crippen LogP contribution in [0.25, 0.3) is 0 Å². The van der Waals surface area contributed by atoms with Crippen LogP contribution in [0.5, 0.6) is 0 Å². The van der Waals surface area contributed by atoms with E-state index in [2.05, 4.69) is 18.8 Å². The van der Waals surface area contributed by atoms with E-state index >= 15 is 0 Å². The van der Waals surface area contributed by atoms with Gasteiger partial charge in [-0.3, -0.25) is 9.36 Å². The standard InChI is InChI=1S/C34H37O5P/c1-33-22-30(24-9-13-27(14-10-24)40(37,38-2)39-3)32-28-16-12-26(35)21-25(28)11-15-29(32)31(33)18-20-34(33,36)19-17-23-7-5-4-6-8-23/h4-10,13-14,21,29-31,36H,11-12,15-16,18,20,22H2,1-3H3/t29-,30+,31-,33-,34-/m0/s1. The van der Waals surface area contributed by atoms with E-state index < -0.39 is 18.6 Å². The number of hydrogen-bond donors (Lipinski definition) is 1. The quantitative estimate of drug-likeness (QED) is 0.345. The van der Waals surface area contributed by atoms with Crippen molar-refractivity contribution in [2.24, 2.45) is 17.3 Å². The first-order valence-corrected chi connectivity index (χ1v) is 15.8. The third-order valence-electron chi connectivity index (χ3n) is 10.2. The second-order valence-electron chi connectivity index (χ2n) is 12.0. The van der Waals surface area contributed by atoms with Gasteiger partial charge < -0.3 is 14.2 Å². The molecule has 0 aliphatic heterocycles. The van der Waals surface area contributed by atoms with Crippen LogP contribution >= 0.6 is 7.60 Å². The highest BCUT2D eigenvalue weighted by atomic mass is 31.2. The molecule has 1 N–H and O–H groups in total. The van der Waals surface area contributed by atoms with Gasteiger partial charge in [0.2, 0.25) is 0 Å². The van der Waals surface area contributed by atoms with E-state index in [9.17, 15) is 14.5 Å². The molecule has 0 heterocycles. The van der Waals surface area contributed by atoms with Crippen molar-refractivity contribution in [3.63, 3.8) is 0 Å². The summed E-state index contributed by atoms with van der Waals surface area (Å²) in [6.07, 6.45) is 7.47. The molecule has 2 fully saturated rings. The predicted octanol–water partition coefficient (Wildman–Crippen LogP) is 6.48. The van der Waals surface area contributed by atoms with E-state index in [1.165, 1.54) is 30.9 Å². The smallest absolute Gasteiger partial charge is 0.360 e. The maximum atomic E-state index is 13.0. The molecule has 6 rings (SSSR count). The zero-order chi connectivity index (χ0) is 28.1. The van der Waals surface area contributed by atoms with Gasteiger partial charge in [-0.1, -0.05) is 54.7 Å². The Labute approximate surface area is 237 Å². The van der Waals surface area contributed by atoms with E-state index in [1.807, 2.05) is 60.7 Å². The molecule has 4 aliphatic carbocycles. The molecule has 208 valence electrons. The van der Waals surface area contributed by atoms with Gasteiger partial charge in [-0.25, -0.2) is 0 Å². The Morgan fingerprint density at radius 1 is 0.975 bits per heavy atom. The summed E-state index contributed by atoms with van der Waals surface area (Å²) in [7, 11) is -0.564. The lowest BCUT2D eigenvalue weighted by molar-refractivity contribution is -0.114. The van der Waals surface area contributed by atoms with Crippen molar-refractivity contribution in [3.8, 4) is 11.8 Å². The van der Waals surface area contributed by atoms with Crippen molar-refractivity contribution in [3.05, 3.63) is 88.5 Å². The lowest BCUT2D eigenvalue weighted by atomic mass is 9.51. The molecule has 6 heteroatoms. The van der Waals surface area contributed by atoms with Crippen molar-refractivity contribution in [1.82, 2.24) is 0 Å². The van der Waals surface area contributed by atoms with E-state index in [0.717, 1.165) is 43.2 Å². The molecule has 2 saturated carbocycles. The van der Waals surface area contributed by atoms with Crippen LogP contribution in [0.2, 0.25) is 0 Å². The first-order valence-electron chi connectivity index (χ1n) is 14.3. The number of benzene rings is 2. The van der Waals surface area contributed by atoms with Gasteiger partial charge in [-0.05, 0) is 97.4 Å². The number of aliphatic hydroxyl groups is 1. The van der Waals surface area contributed by atoms with Gasteiger partial charge in [0, 0.05) is 37.5 Å². The zero-order valence-corrected chi connectivity index (χ0v) is 24.4. The van der Waals surface area contributed by atoms with E-state index in [0.29, 0.717) is 30.0 Å². The van der Waals surface area contributed by atoms with Crippen LogP contribution in [0.3, 0.4) is 0 Å². The van der Waals surface area contributed by atoms with E-state index in [-0.39, 0.29) is 11.7 Å². The van der Waals surface area contributed by atoms with Crippen molar-refractivity contribution in [1.29, 1.82) is 0 Å². The minimum atomic E-state index is -3.36. The Kier molecular flexibility index (Phi) is 7.04. The van der Waals surface area contributed by atoms with Gasteiger partial charge in [0.15, 0.2) is 5.78 Å². The van der Waals surface area contributed by atoms with Gasteiger partial charge in [0.05, 0.1) is 5.30 Å². The molecule has 5 atom stereocenters. The minimum absolute atomic E-state index is 0.0693. The van der Waals surface area contributed by atoms with Gasteiger partial charge in [0.25, 0.3) is 0 Å². The number of carbonyl (C=O) groups is 1. The van der Waals surface area contributed by atoms with Crippen molar-refractivity contribution < 1.29 is 23.5 Å². The number of fused-ring (bicyclic) bond motifs is 4. The second-order valence-corrected chi connectivity index (χ2v) is 14.2. The Bertz CT molecular complexity index is 1490. The molecule has 0 aromatic heterocycles. The fourth-order valence-electron chi connectivity index (χ4n) is 8.04. The average molecular weight is 557 g/mol. The Morgan fingerprint density at radius 3 is 2.40 bits per heavy atom. The third-order valence-corrected chi connectivity index (χ3v) is 12.1. The molecule has 0 unspecified atom stereocenters. The van der Waals surface area contributed by atoms with Gasteiger partial charge >= 0.3 is 7.60 Å². The van der Waals surface area contributed by atoms with Crippen LogP contribution in [0.4, 0.5) is 0 Å². The summed E-state index contributed by atoms with van der Waals surface area (Å²) in [6.45, 7) is 2.24. The van der Waals surface area contributed by atoms with E-state index in [1.54, 1.807) is 0 Å². The Morgan fingerprint density at radius 2 is 1.70 bits per heavy atom. The number of allylic oxidation sites excluding steroid dienone is 4. The fraction of sp³-hybridized carbons (Fsp3) is 0.441. The number of ketones is 1. The topological polar surface area (TPSA) is 72.8 Å². The molecule has 0 bridgehead atoms. The Hall–Kier alpha value is -2.74. The molecule has 0 spiro atoms. The van der Waals surface area contributed by atoms with Crippen LogP contribution in [0, 0.1) is 29.1 Å². The monoisotopic (exact) mass is 556 g/mol. The summed E-state index contributed by atoms with van der Waals surface area (Å²) >= 11 is 0. The zero-order valence-electron chi connectivity index (χ0n) is 23.5. The molecule has 0 amide bonds. The molecular weight excluding hydrogens is 519 g/mol. The van der Waals surface area contributed by atoms with Crippen molar-refractivity contribution in [2.45, 2.75) is 63.4 Å². The van der Waals surface area contributed by atoms with Gasteiger partial charge in [0.1, 0.15) is 5.60 Å². The van der Waals surface area contributed by atoms with Crippen LogP contribution in [-0.4, -0.2) is 30.7 Å². The van der Waals surface area contributed by atoms with Crippen molar-refractivity contribution in [2.75, 3.05) is 14.2 Å². The lowest BCUT2D eigenvalue weighted by Gasteiger charge is -2.53. The summed E-state index contributed by atoms with van der Waals surface area (Å²) in [5.41, 5.74) is 4.55. The summed E-state index contributed by atoms with van der Waals surface area (Å²) in [5, 5.41) is 12.8. The molecule has 4 aliphatic rings. The maximum absolute atomic E-state index is 13.0. The Balaban J connectivity index is 1.46. The summed E-state index contributed by atoms with van der Waals surface area (Å²) < 4.78 is 23.5. The molecule has 0 radical (unpaired) electrons. The van der Waals surface area contributed by atoms with E-state index in [4.69, 9.17) is 9.05 Å². The highest BCUT2D eigenvalue weighted by molar-refractivity contribution is 7.62. The molecule has 5 nitrogen and oxygen atoms in total. The first kappa shape index (κ1) is 27.4. The molecular formula is C34H37O5P. The SMILES string of the molecule is COP(=O)(OC)c1ccc([C@H]2C[C@@]3(C)[C@@H](CC[C@@]3(O)C#Cc3ccccc3)[C@@H]3CCC4=CC(=O)CCC4=C32)cc1. The van der Waals surface area contributed by atoms with Crippen molar-refractivity contribution >= 4 is 18.7 Å². The molecule has 2 aromatic carbocycles. The predicted molar refractivity (Wildman–Crippen MR) is 156 cm³/mol. The summed E-state index contributed by atoms with van der Waals surface area (Å²) in [5.74, 6) is 7.58. The van der Waals surface area contributed by atoms with Gasteiger partial charge in [-0.2, -0.15) is 0 Å². The highest BCUT2D eigenvalue weighted by Gasteiger charge is 2.62. The second kappa shape index (κ2) is 10.3. The average Bonchev–Trinajstić information content (AvgIpc) is 3.25. The van der Waals surface area contributed by atoms with Gasteiger partial charge in [-0.15, -0.1) is 0 Å². The van der Waals surface area contributed by atoms with Crippen LogP contribution in [0.15, 0.2) is 77.4 Å². The first-order chi connectivity index (χ1) is 19.2. The fourth-order valence-corrected chi connectivity index (χ4v) is 9.13. The maximum Gasteiger partial charge on any atom is 0.360 e.